The number of hydrogen-bond acceptors (Lipinski definition) is 5. The van der Waals surface area contributed by atoms with Crippen molar-refractivity contribution in [2.45, 2.75) is 45.0 Å². The molecule has 32 heavy (non-hydrogen) atoms. The van der Waals surface area contributed by atoms with Gasteiger partial charge in [0.2, 0.25) is 5.91 Å². The number of amides is 1. The third kappa shape index (κ3) is 6.23. The van der Waals surface area contributed by atoms with Gasteiger partial charge in [-0.2, -0.15) is 0 Å². The number of benzene rings is 2. The summed E-state index contributed by atoms with van der Waals surface area (Å²) in [6, 6.07) is 13.7. The Bertz CT molecular complexity index is 1100. The molecule has 1 N–H and O–H groups in total. The average Bonchev–Trinajstić information content (AvgIpc) is 3.14. The third-order valence-electron chi connectivity index (χ3n) is 4.81. The first kappa shape index (κ1) is 24.1. The van der Waals surface area contributed by atoms with Crippen LogP contribution in [-0.4, -0.2) is 26.4 Å². The second-order valence-corrected chi connectivity index (χ2v) is 9.43. The molecule has 0 bridgehead atoms. The summed E-state index contributed by atoms with van der Waals surface area (Å²) in [5.74, 6) is 1.97. The minimum atomic E-state index is -0.0910. The Morgan fingerprint density at radius 1 is 1.28 bits per heavy atom. The molecule has 0 radical (unpaired) electrons. The molecule has 8 heteroatoms. The molecule has 1 heterocycles. The molecule has 3 rings (SSSR count). The van der Waals surface area contributed by atoms with Gasteiger partial charge in [0.05, 0.1) is 5.75 Å². The van der Waals surface area contributed by atoms with Gasteiger partial charge < -0.3 is 10.1 Å². The van der Waals surface area contributed by atoms with Crippen LogP contribution in [0.1, 0.15) is 36.7 Å². The molecule has 168 valence electrons. The lowest BCUT2D eigenvalue weighted by Gasteiger charge is -2.15. The maximum Gasteiger partial charge on any atom is 0.234 e. The van der Waals surface area contributed by atoms with E-state index in [2.05, 4.69) is 57.9 Å². The second-order valence-electron chi connectivity index (χ2n) is 7.58. The third-order valence-corrected chi connectivity index (χ3v) is 6.27. The summed E-state index contributed by atoms with van der Waals surface area (Å²) < 4.78 is 9.03. The van der Waals surface area contributed by atoms with E-state index in [4.69, 9.17) is 4.74 Å². The van der Waals surface area contributed by atoms with Crippen molar-refractivity contribution in [3.63, 3.8) is 0 Å². The first-order valence-corrected chi connectivity index (χ1v) is 12.1. The molecule has 0 saturated carbocycles. The highest BCUT2D eigenvalue weighted by molar-refractivity contribution is 9.10. The first-order chi connectivity index (χ1) is 15.4. The Balaban J connectivity index is 1.67. The van der Waals surface area contributed by atoms with Crippen molar-refractivity contribution in [1.29, 1.82) is 0 Å². The number of aryl methyl sites for hydroxylation is 1. The Morgan fingerprint density at radius 2 is 2.06 bits per heavy atom. The summed E-state index contributed by atoms with van der Waals surface area (Å²) in [5.41, 5.74) is 2.96. The Kier molecular flexibility index (Phi) is 8.53. The predicted molar refractivity (Wildman–Crippen MR) is 133 cm³/mol. The van der Waals surface area contributed by atoms with Crippen LogP contribution >= 0.6 is 27.7 Å². The zero-order valence-electron chi connectivity index (χ0n) is 18.5. The number of para-hydroxylation sites is 1. The fourth-order valence-electron chi connectivity index (χ4n) is 3.12. The van der Waals surface area contributed by atoms with Gasteiger partial charge >= 0.3 is 0 Å². The molecule has 3 aromatic rings. The lowest BCUT2D eigenvalue weighted by atomic mass is 10.0. The van der Waals surface area contributed by atoms with Crippen LogP contribution in [0.2, 0.25) is 0 Å². The van der Waals surface area contributed by atoms with E-state index in [1.54, 1.807) is 6.08 Å². The van der Waals surface area contributed by atoms with Crippen molar-refractivity contribution in [3.8, 4) is 5.75 Å². The molecule has 1 aromatic heterocycles. The summed E-state index contributed by atoms with van der Waals surface area (Å²) in [4.78, 5) is 12.4. The highest BCUT2D eigenvalue weighted by atomic mass is 79.9. The zero-order valence-corrected chi connectivity index (χ0v) is 20.9. The van der Waals surface area contributed by atoms with Crippen LogP contribution in [0, 0.1) is 6.92 Å². The van der Waals surface area contributed by atoms with Gasteiger partial charge in [-0.1, -0.05) is 65.8 Å². The molecule has 0 spiro atoms. The lowest BCUT2D eigenvalue weighted by Crippen LogP contribution is -2.15. The van der Waals surface area contributed by atoms with Crippen LogP contribution < -0.4 is 10.1 Å². The van der Waals surface area contributed by atoms with Crippen LogP contribution in [-0.2, 0) is 17.9 Å². The van der Waals surface area contributed by atoms with E-state index in [0.29, 0.717) is 23.4 Å². The number of thioether (sulfide) groups is 1. The highest BCUT2D eigenvalue weighted by Crippen LogP contribution is 2.30. The molecule has 0 atom stereocenters. The van der Waals surface area contributed by atoms with Crippen molar-refractivity contribution in [1.82, 2.24) is 14.8 Å². The van der Waals surface area contributed by atoms with Crippen molar-refractivity contribution in [2.75, 3.05) is 11.1 Å². The van der Waals surface area contributed by atoms with Gasteiger partial charge in [-0.3, -0.25) is 9.36 Å². The number of aromatic nitrogens is 3. The lowest BCUT2D eigenvalue weighted by molar-refractivity contribution is -0.113. The van der Waals surface area contributed by atoms with Gasteiger partial charge in [0, 0.05) is 16.7 Å². The summed E-state index contributed by atoms with van der Waals surface area (Å²) in [6.07, 6.45) is 1.78. The number of nitrogens with one attached hydrogen (secondary N) is 1. The standard InChI is InChI=1S/C24H27BrN4O2S/c1-5-12-29-22(14-31-21-11-10-18(25)13-19(21)16(2)3)27-28-24(29)32-15-23(30)26-20-9-7-6-8-17(20)4/h5-11,13,16H,1,12,14-15H2,2-4H3,(H,26,30). The molecule has 0 fully saturated rings. The van der Waals surface area contributed by atoms with Crippen LogP contribution in [0.15, 0.2) is 64.7 Å². The summed E-state index contributed by atoms with van der Waals surface area (Å²) in [7, 11) is 0. The maximum absolute atomic E-state index is 12.4. The van der Waals surface area contributed by atoms with E-state index >= 15 is 0 Å². The minimum Gasteiger partial charge on any atom is -0.485 e. The van der Waals surface area contributed by atoms with E-state index in [0.717, 1.165) is 27.0 Å². The Morgan fingerprint density at radius 3 is 2.78 bits per heavy atom. The molecule has 0 aliphatic carbocycles. The smallest absolute Gasteiger partial charge is 0.234 e. The molecule has 0 aliphatic heterocycles. The van der Waals surface area contributed by atoms with Gasteiger partial charge in [0.15, 0.2) is 11.0 Å². The molecule has 1 amide bonds. The number of allylic oxidation sites excluding steroid dienone is 1. The number of carbonyl (C=O) groups is 1. The topological polar surface area (TPSA) is 69.0 Å². The predicted octanol–water partition coefficient (Wildman–Crippen LogP) is 5.97. The minimum absolute atomic E-state index is 0.0910. The zero-order chi connectivity index (χ0) is 23.1. The van der Waals surface area contributed by atoms with E-state index in [-0.39, 0.29) is 18.3 Å². The monoisotopic (exact) mass is 514 g/mol. The van der Waals surface area contributed by atoms with Gasteiger partial charge in [-0.25, -0.2) is 0 Å². The molecule has 0 aliphatic rings. The fraction of sp³-hybridized carbons (Fsp3) is 0.292. The van der Waals surface area contributed by atoms with Crippen LogP contribution in [0.5, 0.6) is 5.75 Å². The number of rotatable bonds is 10. The van der Waals surface area contributed by atoms with Crippen molar-refractivity contribution < 1.29 is 9.53 Å². The molecular formula is C24H27BrN4O2S. The number of halogens is 1. The molecular weight excluding hydrogens is 488 g/mol. The van der Waals surface area contributed by atoms with Gasteiger partial charge in [0.1, 0.15) is 12.4 Å². The fourth-order valence-corrected chi connectivity index (χ4v) is 4.26. The van der Waals surface area contributed by atoms with Crippen LogP contribution in [0.25, 0.3) is 0 Å². The quantitative estimate of drug-likeness (QED) is 0.266. The second kappa shape index (κ2) is 11.3. The highest BCUT2D eigenvalue weighted by Gasteiger charge is 2.16. The van der Waals surface area contributed by atoms with Crippen molar-refractivity contribution in [2.24, 2.45) is 0 Å². The van der Waals surface area contributed by atoms with Crippen LogP contribution in [0.3, 0.4) is 0 Å². The van der Waals surface area contributed by atoms with Gasteiger partial charge in [-0.05, 0) is 48.2 Å². The summed E-state index contributed by atoms with van der Waals surface area (Å²) in [6.45, 7) is 10.9. The van der Waals surface area contributed by atoms with Crippen LogP contribution in [0.4, 0.5) is 5.69 Å². The van der Waals surface area contributed by atoms with Gasteiger partial charge in [0.25, 0.3) is 0 Å². The summed E-state index contributed by atoms with van der Waals surface area (Å²) in [5, 5.41) is 12.2. The Labute approximate surface area is 201 Å². The number of hydrogen-bond donors (Lipinski definition) is 1. The number of anilines is 1. The summed E-state index contributed by atoms with van der Waals surface area (Å²) >= 11 is 4.86. The van der Waals surface area contributed by atoms with Gasteiger partial charge in [-0.15, -0.1) is 16.8 Å². The normalized spacial score (nSPS) is 10.9. The van der Waals surface area contributed by atoms with Crippen molar-refractivity contribution in [3.05, 3.63) is 76.5 Å². The number of ether oxygens (including phenoxy) is 1. The largest absolute Gasteiger partial charge is 0.485 e. The van der Waals surface area contributed by atoms with E-state index < -0.39 is 0 Å². The number of carbonyl (C=O) groups excluding carboxylic acids is 1. The van der Waals surface area contributed by atoms with E-state index in [1.807, 2.05) is 47.9 Å². The van der Waals surface area contributed by atoms with Crippen molar-refractivity contribution >= 4 is 39.3 Å². The van der Waals surface area contributed by atoms with E-state index in [9.17, 15) is 4.79 Å². The molecule has 0 unspecified atom stereocenters. The average molecular weight is 515 g/mol. The van der Waals surface area contributed by atoms with E-state index in [1.165, 1.54) is 11.8 Å². The molecule has 6 nitrogen and oxygen atoms in total. The SMILES string of the molecule is C=CCn1c(COc2ccc(Br)cc2C(C)C)nnc1SCC(=O)Nc1ccccc1C. The number of nitrogens with zero attached hydrogens (tertiary/aromatic N) is 3. The maximum atomic E-state index is 12.4. The Hall–Kier alpha value is -2.58. The molecule has 2 aromatic carbocycles. The molecule has 0 saturated heterocycles. The first-order valence-electron chi connectivity index (χ1n) is 10.3.